The number of rotatable bonds is 6. The van der Waals surface area contributed by atoms with Crippen LogP contribution in [0, 0.1) is 0 Å². The highest BCUT2D eigenvalue weighted by Crippen LogP contribution is 2.25. The summed E-state index contributed by atoms with van der Waals surface area (Å²) in [6, 6.07) is 0.198. The van der Waals surface area contributed by atoms with Crippen LogP contribution >= 0.6 is 11.8 Å². The van der Waals surface area contributed by atoms with Crippen molar-refractivity contribution in [2.45, 2.75) is 39.0 Å². The lowest BCUT2D eigenvalue weighted by atomic mass is 10.1. The lowest BCUT2D eigenvalue weighted by molar-refractivity contribution is 0.0448. The van der Waals surface area contributed by atoms with Gasteiger partial charge in [-0.05, 0) is 13.0 Å². The van der Waals surface area contributed by atoms with E-state index in [-0.39, 0.29) is 12.1 Å². The van der Waals surface area contributed by atoms with Crippen LogP contribution in [0.1, 0.15) is 32.0 Å². The van der Waals surface area contributed by atoms with Crippen molar-refractivity contribution in [2.24, 2.45) is 0 Å². The van der Waals surface area contributed by atoms with Gasteiger partial charge >= 0.3 is 0 Å². The molecule has 6 heteroatoms. The summed E-state index contributed by atoms with van der Waals surface area (Å²) < 4.78 is 7.89. The monoisotopic (exact) mass is 270 g/mol. The molecule has 2 rings (SSSR count). The van der Waals surface area contributed by atoms with E-state index in [4.69, 9.17) is 4.74 Å². The Morgan fingerprint density at radius 3 is 3.17 bits per heavy atom. The van der Waals surface area contributed by atoms with E-state index in [1.54, 1.807) is 0 Å². The molecule has 0 saturated carbocycles. The van der Waals surface area contributed by atoms with Crippen LogP contribution in [0.15, 0.2) is 6.20 Å². The average Bonchev–Trinajstić information content (AvgIpc) is 2.85. The molecule has 0 aliphatic carbocycles. The van der Waals surface area contributed by atoms with E-state index in [1.807, 2.05) is 22.6 Å². The number of aromatic nitrogens is 3. The van der Waals surface area contributed by atoms with Crippen molar-refractivity contribution in [3.05, 3.63) is 11.9 Å². The van der Waals surface area contributed by atoms with Crippen LogP contribution in [0.3, 0.4) is 0 Å². The maximum atomic E-state index is 5.90. The van der Waals surface area contributed by atoms with Gasteiger partial charge in [0.25, 0.3) is 0 Å². The molecule has 1 N–H and O–H groups in total. The van der Waals surface area contributed by atoms with Crippen LogP contribution < -0.4 is 5.32 Å². The summed E-state index contributed by atoms with van der Waals surface area (Å²) in [6.07, 6.45) is 3.15. The third kappa shape index (κ3) is 3.24. The Morgan fingerprint density at radius 1 is 1.61 bits per heavy atom. The number of likely N-dealkylation sites (N-methyl/N-ethyl adjacent to an activating group) is 1. The third-order valence-electron chi connectivity index (χ3n) is 3.04. The van der Waals surface area contributed by atoms with Crippen molar-refractivity contribution in [3.63, 3.8) is 0 Å². The number of thioether (sulfide) groups is 1. The second-order valence-electron chi connectivity index (χ2n) is 4.40. The van der Waals surface area contributed by atoms with Crippen molar-refractivity contribution in [3.8, 4) is 0 Å². The molecule has 5 nitrogen and oxygen atoms in total. The molecule has 102 valence electrons. The van der Waals surface area contributed by atoms with Gasteiger partial charge in [-0.1, -0.05) is 19.1 Å². The maximum Gasteiger partial charge on any atom is 0.0876 e. The molecule has 1 aliphatic rings. The molecule has 0 radical (unpaired) electrons. The quantitative estimate of drug-likeness (QED) is 0.848. The largest absolute Gasteiger partial charge is 0.374 e. The molecule has 1 fully saturated rings. The van der Waals surface area contributed by atoms with Gasteiger partial charge in [-0.3, -0.25) is 0 Å². The van der Waals surface area contributed by atoms with Gasteiger partial charge in [0, 0.05) is 18.1 Å². The summed E-state index contributed by atoms with van der Waals surface area (Å²) in [5, 5.41) is 11.7. The number of hydrogen-bond donors (Lipinski definition) is 1. The zero-order valence-electron chi connectivity index (χ0n) is 11.1. The van der Waals surface area contributed by atoms with Crippen molar-refractivity contribution < 1.29 is 4.74 Å². The van der Waals surface area contributed by atoms with Gasteiger partial charge in [-0.2, -0.15) is 11.8 Å². The fourth-order valence-electron chi connectivity index (χ4n) is 2.24. The molecule has 1 saturated heterocycles. The summed E-state index contributed by atoms with van der Waals surface area (Å²) in [5.74, 6) is 2.14. The third-order valence-corrected chi connectivity index (χ3v) is 4.06. The molecule has 0 amide bonds. The van der Waals surface area contributed by atoms with Gasteiger partial charge in [-0.15, -0.1) is 5.10 Å². The first kappa shape index (κ1) is 13.8. The minimum atomic E-state index is 0.198. The van der Waals surface area contributed by atoms with E-state index >= 15 is 0 Å². The summed E-state index contributed by atoms with van der Waals surface area (Å²) in [7, 11) is 0. The highest BCUT2D eigenvalue weighted by atomic mass is 32.2. The molecule has 2 heterocycles. The van der Waals surface area contributed by atoms with Gasteiger partial charge in [0.05, 0.1) is 30.6 Å². The molecule has 0 bridgehead atoms. The minimum Gasteiger partial charge on any atom is -0.374 e. The second-order valence-corrected chi connectivity index (χ2v) is 5.55. The van der Waals surface area contributed by atoms with E-state index < -0.39 is 0 Å². The molecule has 1 aliphatic heterocycles. The van der Waals surface area contributed by atoms with Crippen LogP contribution in [0.5, 0.6) is 0 Å². The van der Waals surface area contributed by atoms with Crippen molar-refractivity contribution in [1.82, 2.24) is 20.3 Å². The fraction of sp³-hybridized carbons (Fsp3) is 0.833. The Morgan fingerprint density at radius 2 is 2.50 bits per heavy atom. The van der Waals surface area contributed by atoms with Crippen LogP contribution in [0.4, 0.5) is 0 Å². The first-order chi connectivity index (χ1) is 8.86. The normalized spacial score (nSPS) is 22.0. The smallest absolute Gasteiger partial charge is 0.0876 e. The maximum absolute atomic E-state index is 5.90. The summed E-state index contributed by atoms with van der Waals surface area (Å²) >= 11 is 1.96. The van der Waals surface area contributed by atoms with Gasteiger partial charge in [-0.25, -0.2) is 4.68 Å². The predicted molar refractivity (Wildman–Crippen MR) is 73.8 cm³/mol. The van der Waals surface area contributed by atoms with E-state index in [0.29, 0.717) is 0 Å². The average molecular weight is 270 g/mol. The fourth-order valence-corrected chi connectivity index (χ4v) is 3.14. The zero-order chi connectivity index (χ0) is 12.8. The molecule has 1 aromatic heterocycles. The van der Waals surface area contributed by atoms with Gasteiger partial charge in [0.1, 0.15) is 0 Å². The van der Waals surface area contributed by atoms with E-state index in [2.05, 4.69) is 29.5 Å². The number of aryl methyl sites for hydroxylation is 1. The van der Waals surface area contributed by atoms with Crippen LogP contribution in [0.25, 0.3) is 0 Å². The number of nitrogens with zero attached hydrogens (tertiary/aromatic N) is 3. The van der Waals surface area contributed by atoms with Crippen LogP contribution in [-0.2, 0) is 11.3 Å². The number of nitrogens with one attached hydrogen (secondary N) is 1. The Hall–Kier alpha value is -0.590. The SMILES string of the molecule is CCCn1nncc1C(NCC)C1CSCCO1. The summed E-state index contributed by atoms with van der Waals surface area (Å²) in [6.45, 7) is 6.95. The van der Waals surface area contributed by atoms with Crippen LogP contribution in [0.2, 0.25) is 0 Å². The van der Waals surface area contributed by atoms with E-state index in [1.165, 1.54) is 0 Å². The Labute approximate surface area is 113 Å². The lowest BCUT2D eigenvalue weighted by Crippen LogP contribution is -2.39. The van der Waals surface area contributed by atoms with Gasteiger partial charge in [0.15, 0.2) is 0 Å². The molecule has 0 aromatic carbocycles. The van der Waals surface area contributed by atoms with Crippen LogP contribution in [-0.4, -0.2) is 45.8 Å². The Balaban J connectivity index is 2.14. The molecule has 18 heavy (non-hydrogen) atoms. The Kier molecular flexibility index (Phi) is 5.46. The molecule has 1 aromatic rings. The standard InChI is InChI=1S/C12H22N4OS/c1-3-5-16-10(8-14-15-16)12(13-4-2)11-9-18-7-6-17-11/h8,11-13H,3-7,9H2,1-2H3. The van der Waals surface area contributed by atoms with Crippen molar-refractivity contribution in [2.75, 3.05) is 24.7 Å². The first-order valence-electron chi connectivity index (χ1n) is 6.68. The molecule has 2 unspecified atom stereocenters. The topological polar surface area (TPSA) is 52.0 Å². The zero-order valence-corrected chi connectivity index (χ0v) is 11.9. The van der Waals surface area contributed by atoms with E-state index in [0.717, 1.165) is 43.3 Å². The summed E-state index contributed by atoms with van der Waals surface area (Å²) in [5.41, 5.74) is 1.14. The van der Waals surface area contributed by atoms with Gasteiger partial charge < -0.3 is 10.1 Å². The lowest BCUT2D eigenvalue weighted by Gasteiger charge is -2.30. The molecule has 2 atom stereocenters. The highest BCUT2D eigenvalue weighted by molar-refractivity contribution is 7.99. The Bertz CT molecular complexity index is 352. The van der Waals surface area contributed by atoms with Crippen molar-refractivity contribution >= 4 is 11.8 Å². The number of hydrogen-bond acceptors (Lipinski definition) is 5. The predicted octanol–water partition coefficient (Wildman–Crippen LogP) is 1.47. The number of ether oxygens (including phenoxy) is 1. The van der Waals surface area contributed by atoms with Crippen molar-refractivity contribution in [1.29, 1.82) is 0 Å². The molecule has 0 spiro atoms. The second kappa shape index (κ2) is 7.11. The summed E-state index contributed by atoms with van der Waals surface area (Å²) in [4.78, 5) is 0. The molecular weight excluding hydrogens is 248 g/mol. The minimum absolute atomic E-state index is 0.198. The molecular formula is C12H22N4OS. The van der Waals surface area contributed by atoms with Gasteiger partial charge in [0.2, 0.25) is 0 Å². The first-order valence-corrected chi connectivity index (χ1v) is 7.83. The highest BCUT2D eigenvalue weighted by Gasteiger charge is 2.28. The van der Waals surface area contributed by atoms with E-state index in [9.17, 15) is 0 Å².